The molecule has 2 N–H and O–H groups in total. The number of nitrogens with zero attached hydrogens (tertiary/aromatic N) is 1. The number of carbonyl (C=O) groups is 2. The largest absolute Gasteiger partial charge is 0.490 e. The number of aryl methyl sites for hydroxylation is 1. The fourth-order valence-electron chi connectivity index (χ4n) is 3.11. The zero-order chi connectivity index (χ0) is 26.3. The number of para-hydroxylation sites is 1. The molecule has 0 fully saturated rings. The molecule has 184 valence electrons. The third-order valence-corrected chi connectivity index (χ3v) is 6.11. The van der Waals surface area contributed by atoms with Gasteiger partial charge in [0.05, 0.1) is 17.9 Å². The van der Waals surface area contributed by atoms with Gasteiger partial charge < -0.3 is 19.3 Å². The summed E-state index contributed by atoms with van der Waals surface area (Å²) < 4.78 is 36.2. The summed E-state index contributed by atoms with van der Waals surface area (Å²) in [5.74, 6) is -2.01. The molecule has 0 radical (unpaired) electrons. The summed E-state index contributed by atoms with van der Waals surface area (Å²) in [4.78, 5) is 24.0. The average molecular weight is 507 g/mol. The van der Waals surface area contributed by atoms with Gasteiger partial charge in [0, 0.05) is 0 Å². The SMILES string of the molecule is CCOc1cc(/C=C(\C#N)C(=O)Nc2ccccc2C(=O)O)ccc1OS(=O)(=O)c1ccc(C)cc1. The van der Waals surface area contributed by atoms with Crippen molar-refractivity contribution in [2.24, 2.45) is 0 Å². The van der Waals surface area contributed by atoms with Crippen molar-refractivity contribution in [3.05, 3.63) is 89.0 Å². The molecule has 3 aromatic carbocycles. The van der Waals surface area contributed by atoms with Gasteiger partial charge in [-0.1, -0.05) is 35.9 Å². The highest BCUT2D eigenvalue weighted by atomic mass is 32.2. The summed E-state index contributed by atoms with van der Waals surface area (Å²) in [7, 11) is -4.13. The molecular weight excluding hydrogens is 484 g/mol. The minimum absolute atomic E-state index is 0.0235. The summed E-state index contributed by atoms with van der Waals surface area (Å²) in [6, 6.07) is 18.0. The number of benzene rings is 3. The van der Waals surface area contributed by atoms with Crippen LogP contribution in [0, 0.1) is 18.3 Å². The number of rotatable bonds is 9. The lowest BCUT2D eigenvalue weighted by Gasteiger charge is -2.13. The van der Waals surface area contributed by atoms with E-state index in [1.165, 1.54) is 54.6 Å². The first-order chi connectivity index (χ1) is 17.1. The second-order valence-electron chi connectivity index (χ2n) is 7.46. The Labute approximate surface area is 208 Å². The summed E-state index contributed by atoms with van der Waals surface area (Å²) in [5, 5.41) is 21.2. The molecule has 10 heteroatoms. The normalized spacial score (nSPS) is 11.3. The van der Waals surface area contributed by atoms with Crippen molar-refractivity contribution >= 4 is 33.8 Å². The highest BCUT2D eigenvalue weighted by Crippen LogP contribution is 2.32. The minimum Gasteiger partial charge on any atom is -0.490 e. The lowest BCUT2D eigenvalue weighted by Crippen LogP contribution is -2.16. The maximum atomic E-state index is 12.7. The summed E-state index contributed by atoms with van der Waals surface area (Å²) >= 11 is 0. The maximum absolute atomic E-state index is 12.7. The first kappa shape index (κ1) is 26.0. The van der Waals surface area contributed by atoms with Gasteiger partial charge in [0.15, 0.2) is 11.5 Å². The van der Waals surface area contributed by atoms with E-state index in [9.17, 15) is 28.4 Å². The molecule has 0 aliphatic carbocycles. The Balaban J connectivity index is 1.89. The number of amides is 1. The zero-order valence-corrected chi connectivity index (χ0v) is 20.2. The van der Waals surface area contributed by atoms with E-state index < -0.39 is 22.0 Å². The number of hydrogen-bond acceptors (Lipinski definition) is 7. The number of carboxylic acid groups (broad SMARTS) is 1. The van der Waals surface area contributed by atoms with Gasteiger partial charge >= 0.3 is 16.1 Å². The van der Waals surface area contributed by atoms with Gasteiger partial charge in [0.25, 0.3) is 5.91 Å². The van der Waals surface area contributed by atoms with Crippen LogP contribution in [0.25, 0.3) is 6.08 Å². The maximum Gasteiger partial charge on any atom is 0.339 e. The van der Waals surface area contributed by atoms with Crippen molar-refractivity contribution in [3.63, 3.8) is 0 Å². The number of nitrogens with one attached hydrogen (secondary N) is 1. The van der Waals surface area contributed by atoms with Crippen molar-refractivity contribution < 1.29 is 32.0 Å². The second-order valence-corrected chi connectivity index (χ2v) is 9.01. The number of anilines is 1. The molecule has 3 rings (SSSR count). The van der Waals surface area contributed by atoms with Crippen LogP contribution in [0.2, 0.25) is 0 Å². The van der Waals surface area contributed by atoms with Crippen molar-refractivity contribution in [3.8, 4) is 17.6 Å². The van der Waals surface area contributed by atoms with E-state index in [4.69, 9.17) is 8.92 Å². The van der Waals surface area contributed by atoms with E-state index in [0.717, 1.165) is 5.56 Å². The van der Waals surface area contributed by atoms with E-state index in [-0.39, 0.29) is 39.8 Å². The molecule has 0 aromatic heterocycles. The number of carboxylic acids is 1. The Kier molecular flexibility index (Phi) is 8.09. The highest BCUT2D eigenvalue weighted by molar-refractivity contribution is 7.87. The Bertz CT molecular complexity index is 1470. The fourth-order valence-corrected chi connectivity index (χ4v) is 4.05. The van der Waals surface area contributed by atoms with E-state index in [0.29, 0.717) is 5.56 Å². The number of hydrogen-bond donors (Lipinski definition) is 2. The standard InChI is InChI=1S/C26H22N2O7S/c1-3-34-24-15-18(10-13-23(24)35-36(32,33)20-11-8-17(2)9-12-20)14-19(16-27)25(29)28-22-7-5-4-6-21(22)26(30)31/h4-15H,3H2,1-2H3,(H,28,29)(H,30,31)/b19-14+. The third kappa shape index (κ3) is 6.28. The Morgan fingerprint density at radius 3 is 2.39 bits per heavy atom. The molecule has 0 heterocycles. The Morgan fingerprint density at radius 2 is 1.75 bits per heavy atom. The zero-order valence-electron chi connectivity index (χ0n) is 19.4. The van der Waals surface area contributed by atoms with E-state index in [1.54, 1.807) is 31.2 Å². The van der Waals surface area contributed by atoms with Crippen LogP contribution < -0.4 is 14.2 Å². The van der Waals surface area contributed by atoms with Gasteiger partial charge in [-0.3, -0.25) is 4.79 Å². The molecule has 0 aliphatic heterocycles. The molecule has 36 heavy (non-hydrogen) atoms. The first-order valence-corrected chi connectivity index (χ1v) is 12.1. The second kappa shape index (κ2) is 11.2. The van der Waals surface area contributed by atoms with Gasteiger partial charge in [-0.25, -0.2) is 4.79 Å². The van der Waals surface area contributed by atoms with Crippen molar-refractivity contribution in [2.75, 3.05) is 11.9 Å². The lowest BCUT2D eigenvalue weighted by atomic mass is 10.1. The quantitative estimate of drug-likeness (QED) is 0.247. The van der Waals surface area contributed by atoms with E-state index >= 15 is 0 Å². The molecule has 0 saturated carbocycles. The van der Waals surface area contributed by atoms with Gasteiger partial charge in [0.2, 0.25) is 0 Å². The van der Waals surface area contributed by atoms with Crippen LogP contribution in [0.15, 0.2) is 77.2 Å². The predicted octanol–water partition coefficient (Wildman–Crippen LogP) is 4.41. The smallest absolute Gasteiger partial charge is 0.339 e. The minimum atomic E-state index is -4.13. The number of nitriles is 1. The third-order valence-electron chi connectivity index (χ3n) is 4.86. The molecule has 1 amide bonds. The van der Waals surface area contributed by atoms with Crippen LogP contribution in [0.4, 0.5) is 5.69 Å². The summed E-state index contributed by atoms with van der Waals surface area (Å²) in [6.45, 7) is 3.73. The molecule has 0 atom stereocenters. The fraction of sp³-hybridized carbons (Fsp3) is 0.115. The average Bonchev–Trinajstić information content (AvgIpc) is 2.84. The van der Waals surface area contributed by atoms with E-state index in [1.807, 2.05) is 6.92 Å². The van der Waals surface area contributed by atoms with Crippen LogP contribution in [0.1, 0.15) is 28.4 Å². The molecule has 3 aromatic rings. The monoisotopic (exact) mass is 506 g/mol. The van der Waals surface area contributed by atoms with Crippen molar-refractivity contribution in [1.82, 2.24) is 0 Å². The van der Waals surface area contributed by atoms with Gasteiger partial charge in [-0.15, -0.1) is 0 Å². The Hall–Kier alpha value is -4.62. The van der Waals surface area contributed by atoms with Gasteiger partial charge in [0.1, 0.15) is 16.5 Å². The molecule has 0 saturated heterocycles. The number of carbonyl (C=O) groups excluding carboxylic acids is 1. The Morgan fingerprint density at radius 1 is 1.06 bits per heavy atom. The van der Waals surface area contributed by atoms with Crippen molar-refractivity contribution in [1.29, 1.82) is 5.26 Å². The first-order valence-electron chi connectivity index (χ1n) is 10.7. The number of aromatic carboxylic acids is 1. The molecule has 0 unspecified atom stereocenters. The van der Waals surface area contributed by atoms with E-state index in [2.05, 4.69) is 5.32 Å². The lowest BCUT2D eigenvalue weighted by molar-refractivity contribution is -0.112. The van der Waals surface area contributed by atoms with Crippen LogP contribution in [-0.4, -0.2) is 32.0 Å². The molecule has 0 aliphatic rings. The van der Waals surface area contributed by atoms with Gasteiger partial charge in [-0.2, -0.15) is 13.7 Å². The topological polar surface area (TPSA) is 143 Å². The molecule has 0 bridgehead atoms. The number of ether oxygens (including phenoxy) is 1. The van der Waals surface area contributed by atoms with Gasteiger partial charge in [-0.05, 0) is 61.9 Å². The molecular formula is C26H22N2O7S. The highest BCUT2D eigenvalue weighted by Gasteiger charge is 2.20. The summed E-state index contributed by atoms with van der Waals surface area (Å²) in [5.41, 5.74) is 0.855. The predicted molar refractivity (Wildman–Crippen MR) is 132 cm³/mol. The van der Waals surface area contributed by atoms with Crippen LogP contribution in [0.3, 0.4) is 0 Å². The van der Waals surface area contributed by atoms with Crippen LogP contribution in [0.5, 0.6) is 11.5 Å². The van der Waals surface area contributed by atoms with Crippen molar-refractivity contribution in [2.45, 2.75) is 18.7 Å². The summed E-state index contributed by atoms with van der Waals surface area (Å²) in [6.07, 6.45) is 1.26. The van der Waals surface area contributed by atoms with Crippen LogP contribution >= 0.6 is 0 Å². The molecule has 0 spiro atoms. The van der Waals surface area contributed by atoms with Crippen LogP contribution in [-0.2, 0) is 14.9 Å². The molecule has 9 nitrogen and oxygen atoms in total.